The predicted octanol–water partition coefficient (Wildman–Crippen LogP) is 16.0. The molecule has 2 aromatic heterocycles. The van der Waals surface area contributed by atoms with Crippen molar-refractivity contribution in [2.45, 2.75) is 0 Å². The minimum atomic E-state index is 1.23. The first-order valence-corrected chi connectivity index (χ1v) is 20.1. The highest BCUT2D eigenvalue weighted by Gasteiger charge is 2.19. The molecule has 0 nitrogen and oxygen atoms in total. The molecule has 0 atom stereocenters. The second-order valence-electron chi connectivity index (χ2n) is 14.3. The van der Waals surface area contributed by atoms with Gasteiger partial charge in [-0.3, -0.25) is 0 Å². The molecule has 0 saturated heterocycles. The fourth-order valence-corrected chi connectivity index (χ4v) is 11.4. The third-order valence-corrected chi connectivity index (χ3v) is 13.8. The molecule has 2 heteroatoms. The fraction of sp³-hybridized carbons (Fsp3) is 0. The monoisotopic (exact) mass is 718 g/mol. The molecule has 10 aromatic carbocycles. The Labute approximate surface area is 319 Å². The Balaban J connectivity index is 1.06. The van der Waals surface area contributed by atoms with Gasteiger partial charge in [-0.1, -0.05) is 152 Å². The molecule has 12 rings (SSSR count). The summed E-state index contributed by atoms with van der Waals surface area (Å²) in [5.74, 6) is 0. The molecule has 12 aromatic rings. The smallest absolute Gasteiger partial charge is 0.0440 e. The van der Waals surface area contributed by atoms with Gasteiger partial charge in [-0.15, -0.1) is 22.7 Å². The van der Waals surface area contributed by atoms with Gasteiger partial charge < -0.3 is 0 Å². The van der Waals surface area contributed by atoms with Gasteiger partial charge >= 0.3 is 0 Å². The first-order valence-electron chi connectivity index (χ1n) is 18.5. The summed E-state index contributed by atoms with van der Waals surface area (Å²) in [7, 11) is 0. The van der Waals surface area contributed by atoms with Crippen molar-refractivity contribution >= 4 is 106 Å². The molecule has 0 radical (unpaired) electrons. The maximum atomic E-state index is 2.42. The fourth-order valence-electron chi connectivity index (χ4n) is 9.06. The van der Waals surface area contributed by atoms with Crippen molar-refractivity contribution in [3.05, 3.63) is 182 Å². The average Bonchev–Trinajstić information content (AvgIpc) is 3.81. The van der Waals surface area contributed by atoms with Crippen LogP contribution in [0, 0.1) is 0 Å². The lowest BCUT2D eigenvalue weighted by Crippen LogP contribution is -1.92. The summed E-state index contributed by atoms with van der Waals surface area (Å²) in [6, 6.07) is 67.8. The van der Waals surface area contributed by atoms with Crippen LogP contribution in [0.5, 0.6) is 0 Å². The van der Waals surface area contributed by atoms with E-state index in [1.54, 1.807) is 0 Å². The van der Waals surface area contributed by atoms with E-state index in [-0.39, 0.29) is 0 Å². The van der Waals surface area contributed by atoms with Crippen LogP contribution in [0.25, 0.3) is 117 Å². The summed E-state index contributed by atoms with van der Waals surface area (Å²) in [6.07, 6.45) is 0. The van der Waals surface area contributed by atoms with Gasteiger partial charge in [0.05, 0.1) is 0 Å². The number of thiophene rings is 2. The molecule has 0 aliphatic rings. The molecule has 0 aliphatic heterocycles. The maximum absolute atomic E-state index is 2.42. The highest BCUT2D eigenvalue weighted by atomic mass is 32.1. The van der Waals surface area contributed by atoms with Crippen LogP contribution in [-0.4, -0.2) is 0 Å². The summed E-state index contributed by atoms with van der Waals surface area (Å²) in [5, 5.41) is 15.7. The van der Waals surface area contributed by atoms with E-state index in [9.17, 15) is 0 Å². The van der Waals surface area contributed by atoms with Crippen LogP contribution >= 0.6 is 22.7 Å². The van der Waals surface area contributed by atoms with E-state index >= 15 is 0 Å². The summed E-state index contributed by atoms with van der Waals surface area (Å²) in [6.45, 7) is 0. The van der Waals surface area contributed by atoms with E-state index in [0.29, 0.717) is 0 Å². The van der Waals surface area contributed by atoms with Gasteiger partial charge in [-0.2, -0.15) is 0 Å². The Hall–Kier alpha value is -6.32. The third kappa shape index (κ3) is 4.36. The lowest BCUT2D eigenvalue weighted by atomic mass is 9.84. The minimum absolute atomic E-state index is 1.23. The Morgan fingerprint density at radius 1 is 0.278 bits per heavy atom. The van der Waals surface area contributed by atoms with E-state index in [1.165, 1.54) is 117 Å². The second-order valence-corrected chi connectivity index (χ2v) is 16.5. The van der Waals surface area contributed by atoms with Crippen LogP contribution in [-0.2, 0) is 0 Å². The van der Waals surface area contributed by atoms with Crippen LogP contribution in [0.2, 0.25) is 0 Å². The van der Waals surface area contributed by atoms with Gasteiger partial charge in [0.25, 0.3) is 0 Å². The SMILES string of the molecule is c1cc(-c2ccc3sc4c(ccc5ccc6sc7ccccc7c6c54)c3c2)cc(-c2c3ccccc3c(-c3cccc4ccccc34)c3ccccc23)c1. The van der Waals surface area contributed by atoms with E-state index in [0.717, 1.165) is 0 Å². The summed E-state index contributed by atoms with van der Waals surface area (Å²) in [5.41, 5.74) is 7.56. The first kappa shape index (κ1) is 30.2. The van der Waals surface area contributed by atoms with Crippen molar-refractivity contribution in [2.24, 2.45) is 0 Å². The topological polar surface area (TPSA) is 0 Å². The molecule has 250 valence electrons. The highest BCUT2D eigenvalue weighted by Crippen LogP contribution is 2.48. The molecular weight excluding hydrogens is 689 g/mol. The molecule has 0 N–H and O–H groups in total. The van der Waals surface area contributed by atoms with Crippen molar-refractivity contribution in [3.63, 3.8) is 0 Å². The summed E-state index contributed by atoms with van der Waals surface area (Å²) < 4.78 is 5.42. The third-order valence-electron chi connectivity index (χ3n) is 11.4. The number of benzene rings is 10. The van der Waals surface area contributed by atoms with Gasteiger partial charge in [-0.25, -0.2) is 0 Å². The lowest BCUT2D eigenvalue weighted by Gasteiger charge is -2.19. The Kier molecular flexibility index (Phi) is 6.48. The van der Waals surface area contributed by atoms with E-state index in [2.05, 4.69) is 182 Å². The van der Waals surface area contributed by atoms with Crippen molar-refractivity contribution in [3.8, 4) is 33.4 Å². The molecule has 2 heterocycles. The zero-order valence-corrected chi connectivity index (χ0v) is 30.8. The van der Waals surface area contributed by atoms with Crippen LogP contribution in [0.3, 0.4) is 0 Å². The van der Waals surface area contributed by atoms with Crippen LogP contribution in [0.4, 0.5) is 0 Å². The van der Waals surface area contributed by atoms with Crippen molar-refractivity contribution in [1.29, 1.82) is 0 Å². The molecule has 0 bridgehead atoms. The molecule has 54 heavy (non-hydrogen) atoms. The molecular formula is C52H30S2. The summed E-state index contributed by atoms with van der Waals surface area (Å²) in [4.78, 5) is 0. The van der Waals surface area contributed by atoms with E-state index in [1.807, 2.05) is 22.7 Å². The first-order chi connectivity index (χ1) is 26.8. The van der Waals surface area contributed by atoms with Gasteiger partial charge in [-0.05, 0) is 101 Å². The molecule has 0 unspecified atom stereocenters. The quantitative estimate of drug-likeness (QED) is 0.160. The van der Waals surface area contributed by atoms with Gasteiger partial charge in [0, 0.05) is 45.7 Å². The average molecular weight is 719 g/mol. The maximum Gasteiger partial charge on any atom is 0.0440 e. The molecule has 0 saturated carbocycles. The van der Waals surface area contributed by atoms with Gasteiger partial charge in [0.1, 0.15) is 0 Å². The normalized spacial score (nSPS) is 12.1. The highest BCUT2D eigenvalue weighted by molar-refractivity contribution is 7.28. The van der Waals surface area contributed by atoms with Crippen molar-refractivity contribution in [1.82, 2.24) is 0 Å². The van der Waals surface area contributed by atoms with Crippen LogP contribution in [0.1, 0.15) is 0 Å². The van der Waals surface area contributed by atoms with Crippen LogP contribution in [0.15, 0.2) is 182 Å². The standard InChI is InChI=1S/C52H30S2/c1-2-15-36-31(11-1)12-10-21-37(36)50-40-18-5-3-16-38(40)48(39-17-4-6-19-41(39)50)35-14-9-13-33(29-35)34-25-27-46-44(30-34)42-26-23-32-24-28-47-51(49(32)52(42)54-46)43-20-7-8-22-45(43)53-47/h1-30H. The summed E-state index contributed by atoms with van der Waals surface area (Å²) >= 11 is 3.83. The Morgan fingerprint density at radius 2 is 0.870 bits per heavy atom. The zero-order valence-electron chi connectivity index (χ0n) is 29.1. The molecule has 0 spiro atoms. The predicted molar refractivity (Wildman–Crippen MR) is 239 cm³/mol. The number of rotatable bonds is 3. The van der Waals surface area contributed by atoms with Crippen molar-refractivity contribution < 1.29 is 0 Å². The van der Waals surface area contributed by atoms with Gasteiger partial charge in [0.2, 0.25) is 0 Å². The second kappa shape index (κ2) is 11.6. The number of fused-ring (bicyclic) bond motifs is 12. The van der Waals surface area contributed by atoms with Crippen LogP contribution < -0.4 is 0 Å². The Bertz CT molecular complexity index is 3440. The van der Waals surface area contributed by atoms with Gasteiger partial charge in [0.15, 0.2) is 0 Å². The molecule has 0 aliphatic carbocycles. The van der Waals surface area contributed by atoms with E-state index in [4.69, 9.17) is 0 Å². The number of hydrogen-bond donors (Lipinski definition) is 0. The van der Waals surface area contributed by atoms with Crippen molar-refractivity contribution in [2.75, 3.05) is 0 Å². The minimum Gasteiger partial charge on any atom is -0.135 e. The Morgan fingerprint density at radius 3 is 1.69 bits per heavy atom. The lowest BCUT2D eigenvalue weighted by molar-refractivity contribution is 1.63. The molecule has 0 fully saturated rings. The number of hydrogen-bond acceptors (Lipinski definition) is 2. The largest absolute Gasteiger partial charge is 0.135 e. The zero-order chi connectivity index (χ0) is 35.3. The van der Waals surface area contributed by atoms with E-state index < -0.39 is 0 Å². The molecule has 0 amide bonds.